The molecule has 0 unspecified atom stereocenters. The highest BCUT2D eigenvalue weighted by Gasteiger charge is 2.24. The van der Waals surface area contributed by atoms with Gasteiger partial charge in [-0.05, 0) is 62.7 Å². The Morgan fingerprint density at radius 3 is 2.40 bits per heavy atom. The monoisotopic (exact) mass is 279 g/mol. The molecule has 0 spiro atoms. The smallest absolute Gasteiger partial charge is 0.244 e. The topological polar surface area (TPSA) is 49.3 Å². The fourth-order valence-corrected chi connectivity index (χ4v) is 3.31. The van der Waals surface area contributed by atoms with Crippen molar-refractivity contribution in [2.75, 3.05) is 6.61 Å². The van der Waals surface area contributed by atoms with E-state index in [0.717, 1.165) is 38.5 Å². The second kappa shape index (κ2) is 6.75. The molecule has 0 saturated heterocycles. The standard InChI is InChI=1S/C17H29NO2/c1-17(2)9-7-13(8-10-17)11-16(20)18-15-5-3-14(12-19)4-6-15/h11,14-15,19H,3-10,12H2,1-2H3,(H,18,20). The predicted molar refractivity (Wildman–Crippen MR) is 81.3 cm³/mol. The molecule has 114 valence electrons. The van der Waals surface area contributed by atoms with E-state index in [1.54, 1.807) is 0 Å². The van der Waals surface area contributed by atoms with Crippen LogP contribution in [0.25, 0.3) is 0 Å². The van der Waals surface area contributed by atoms with E-state index in [9.17, 15) is 4.79 Å². The summed E-state index contributed by atoms with van der Waals surface area (Å²) in [6, 6.07) is 0.308. The molecule has 3 nitrogen and oxygen atoms in total. The average molecular weight is 279 g/mol. The van der Waals surface area contributed by atoms with Crippen molar-refractivity contribution < 1.29 is 9.90 Å². The van der Waals surface area contributed by atoms with Gasteiger partial charge in [-0.2, -0.15) is 0 Å². The summed E-state index contributed by atoms with van der Waals surface area (Å²) in [5, 5.41) is 12.3. The van der Waals surface area contributed by atoms with E-state index in [1.807, 2.05) is 6.08 Å². The number of hydrogen-bond acceptors (Lipinski definition) is 2. The van der Waals surface area contributed by atoms with Crippen LogP contribution in [-0.2, 0) is 4.79 Å². The van der Waals surface area contributed by atoms with E-state index in [2.05, 4.69) is 19.2 Å². The first-order chi connectivity index (χ1) is 9.48. The van der Waals surface area contributed by atoms with Crippen LogP contribution in [-0.4, -0.2) is 23.7 Å². The van der Waals surface area contributed by atoms with E-state index in [-0.39, 0.29) is 5.91 Å². The highest BCUT2D eigenvalue weighted by Crippen LogP contribution is 2.37. The zero-order valence-electron chi connectivity index (χ0n) is 13.0. The molecule has 20 heavy (non-hydrogen) atoms. The number of carbonyl (C=O) groups is 1. The SMILES string of the molecule is CC1(C)CCC(=CC(=O)NC2CCC(CO)CC2)CC1. The molecule has 1 amide bonds. The lowest BCUT2D eigenvalue weighted by Gasteiger charge is -2.31. The summed E-state index contributed by atoms with van der Waals surface area (Å²) in [5.41, 5.74) is 1.75. The zero-order valence-corrected chi connectivity index (χ0v) is 13.0. The van der Waals surface area contributed by atoms with E-state index in [1.165, 1.54) is 18.4 Å². The van der Waals surface area contributed by atoms with Gasteiger partial charge in [-0.15, -0.1) is 0 Å². The van der Waals surface area contributed by atoms with Gasteiger partial charge in [0.25, 0.3) is 0 Å². The van der Waals surface area contributed by atoms with Crippen molar-refractivity contribution in [2.24, 2.45) is 11.3 Å². The molecule has 0 aromatic heterocycles. The Morgan fingerprint density at radius 1 is 1.25 bits per heavy atom. The number of rotatable bonds is 3. The largest absolute Gasteiger partial charge is 0.396 e. The molecule has 0 aromatic carbocycles. The van der Waals surface area contributed by atoms with Gasteiger partial charge in [-0.3, -0.25) is 4.79 Å². The van der Waals surface area contributed by atoms with E-state index < -0.39 is 0 Å². The maximum absolute atomic E-state index is 12.1. The fraction of sp³-hybridized carbons (Fsp3) is 0.824. The molecule has 0 heterocycles. The lowest BCUT2D eigenvalue weighted by atomic mass is 9.75. The predicted octanol–water partition coefficient (Wildman–Crippen LogP) is 3.18. The Bertz CT molecular complexity index is 353. The van der Waals surface area contributed by atoms with E-state index in [0.29, 0.717) is 24.0 Å². The Kier molecular flexibility index (Phi) is 5.25. The van der Waals surface area contributed by atoms with E-state index in [4.69, 9.17) is 5.11 Å². The lowest BCUT2D eigenvalue weighted by molar-refractivity contribution is -0.117. The van der Waals surface area contributed by atoms with Crippen molar-refractivity contribution in [3.05, 3.63) is 11.6 Å². The molecule has 2 aliphatic carbocycles. The molecular formula is C17H29NO2. The minimum atomic E-state index is 0.0900. The van der Waals surface area contributed by atoms with Crippen molar-refractivity contribution in [1.29, 1.82) is 0 Å². The first kappa shape index (κ1) is 15.6. The molecule has 2 N–H and O–H groups in total. The van der Waals surface area contributed by atoms with Crippen LogP contribution < -0.4 is 5.32 Å². The molecule has 2 rings (SSSR count). The lowest BCUT2D eigenvalue weighted by Crippen LogP contribution is -2.37. The minimum Gasteiger partial charge on any atom is -0.396 e. The van der Waals surface area contributed by atoms with Crippen molar-refractivity contribution in [3.8, 4) is 0 Å². The summed E-state index contributed by atoms with van der Waals surface area (Å²) >= 11 is 0. The summed E-state index contributed by atoms with van der Waals surface area (Å²) in [4.78, 5) is 12.1. The van der Waals surface area contributed by atoms with Gasteiger partial charge in [-0.25, -0.2) is 0 Å². The van der Waals surface area contributed by atoms with Gasteiger partial charge < -0.3 is 10.4 Å². The number of hydrogen-bond donors (Lipinski definition) is 2. The Labute approximate surface area is 122 Å². The molecular weight excluding hydrogens is 250 g/mol. The highest BCUT2D eigenvalue weighted by molar-refractivity contribution is 5.88. The van der Waals surface area contributed by atoms with Gasteiger partial charge >= 0.3 is 0 Å². The molecule has 2 fully saturated rings. The first-order valence-corrected chi connectivity index (χ1v) is 8.09. The molecule has 3 heteroatoms. The molecule has 0 aliphatic heterocycles. The van der Waals surface area contributed by atoms with Crippen LogP contribution >= 0.6 is 0 Å². The van der Waals surface area contributed by atoms with Crippen molar-refractivity contribution in [1.82, 2.24) is 5.32 Å². The highest BCUT2D eigenvalue weighted by atomic mass is 16.3. The second-order valence-corrected chi connectivity index (χ2v) is 7.38. The summed E-state index contributed by atoms with van der Waals surface area (Å²) < 4.78 is 0. The third-order valence-electron chi connectivity index (χ3n) is 5.03. The fourth-order valence-electron chi connectivity index (χ4n) is 3.31. The number of aliphatic hydroxyl groups is 1. The van der Waals surface area contributed by atoms with Gasteiger partial charge in [0.1, 0.15) is 0 Å². The molecule has 0 aromatic rings. The molecule has 0 radical (unpaired) electrons. The maximum atomic E-state index is 12.1. The van der Waals surface area contributed by atoms with Crippen LogP contribution in [0.2, 0.25) is 0 Å². The summed E-state index contributed by atoms with van der Waals surface area (Å²) in [6.45, 7) is 4.91. The quantitative estimate of drug-likeness (QED) is 0.780. The van der Waals surface area contributed by atoms with Crippen molar-refractivity contribution in [2.45, 2.75) is 71.3 Å². The summed E-state index contributed by atoms with van der Waals surface area (Å²) in [7, 11) is 0. The van der Waals surface area contributed by atoms with Crippen molar-refractivity contribution in [3.63, 3.8) is 0 Å². The van der Waals surface area contributed by atoms with Gasteiger partial charge in [0.05, 0.1) is 0 Å². The Balaban J connectivity index is 1.76. The summed E-state index contributed by atoms with van der Waals surface area (Å²) in [6.07, 6.45) is 10.4. The maximum Gasteiger partial charge on any atom is 0.244 e. The number of carbonyl (C=O) groups excluding carboxylic acids is 1. The van der Waals surface area contributed by atoms with Gasteiger partial charge in [0, 0.05) is 18.7 Å². The van der Waals surface area contributed by atoms with Gasteiger partial charge in [0.15, 0.2) is 0 Å². The molecule has 0 bridgehead atoms. The molecule has 2 saturated carbocycles. The third-order valence-corrected chi connectivity index (χ3v) is 5.03. The molecule has 2 aliphatic rings. The summed E-state index contributed by atoms with van der Waals surface area (Å²) in [5.74, 6) is 0.536. The van der Waals surface area contributed by atoms with E-state index >= 15 is 0 Å². The minimum absolute atomic E-state index is 0.0900. The van der Waals surface area contributed by atoms with Crippen LogP contribution in [0.3, 0.4) is 0 Å². The second-order valence-electron chi connectivity index (χ2n) is 7.38. The number of aliphatic hydroxyl groups excluding tert-OH is 1. The Morgan fingerprint density at radius 2 is 1.85 bits per heavy atom. The first-order valence-electron chi connectivity index (χ1n) is 8.09. The van der Waals surface area contributed by atoms with Gasteiger partial charge in [-0.1, -0.05) is 19.4 Å². The Hall–Kier alpha value is -0.830. The third kappa shape index (κ3) is 4.62. The molecule has 0 atom stereocenters. The van der Waals surface area contributed by atoms with Gasteiger partial charge in [0.2, 0.25) is 5.91 Å². The number of allylic oxidation sites excluding steroid dienone is 1. The van der Waals surface area contributed by atoms with Crippen LogP contribution in [0, 0.1) is 11.3 Å². The van der Waals surface area contributed by atoms with Crippen molar-refractivity contribution >= 4 is 5.91 Å². The number of amides is 1. The zero-order chi connectivity index (χ0) is 14.6. The van der Waals surface area contributed by atoms with Crippen LogP contribution in [0.5, 0.6) is 0 Å². The van der Waals surface area contributed by atoms with Crippen LogP contribution in [0.1, 0.15) is 65.2 Å². The average Bonchev–Trinajstić information content (AvgIpc) is 2.42. The number of nitrogens with one attached hydrogen (secondary N) is 1. The normalized spacial score (nSPS) is 29.9. The van der Waals surface area contributed by atoms with Crippen LogP contribution in [0.15, 0.2) is 11.6 Å². The van der Waals surface area contributed by atoms with Crippen LogP contribution in [0.4, 0.5) is 0 Å².